The van der Waals surface area contributed by atoms with E-state index in [9.17, 15) is 0 Å². The molecule has 0 aliphatic heterocycles. The zero-order valence-electron chi connectivity index (χ0n) is 13.5. The van der Waals surface area contributed by atoms with E-state index in [2.05, 4.69) is 39.4 Å². The van der Waals surface area contributed by atoms with E-state index in [1.54, 1.807) is 0 Å². The Morgan fingerprint density at radius 2 is 1.86 bits per heavy atom. The van der Waals surface area contributed by atoms with Crippen LogP contribution in [-0.4, -0.2) is 34.1 Å². The van der Waals surface area contributed by atoms with Gasteiger partial charge in [-0.2, -0.15) is 15.0 Å². The fraction of sp³-hybridized carbons (Fsp3) is 0.800. The molecule has 1 heterocycles. The summed E-state index contributed by atoms with van der Waals surface area (Å²) >= 11 is 0. The number of nitrogens with zero attached hydrogens (tertiary/aromatic N) is 3. The van der Waals surface area contributed by atoms with Crippen molar-refractivity contribution in [2.75, 3.05) is 23.8 Å². The molecule has 0 saturated heterocycles. The first kappa shape index (κ1) is 15.8. The molecule has 0 aromatic carbocycles. The first-order valence-electron chi connectivity index (χ1n) is 8.03. The third-order valence-corrected chi connectivity index (χ3v) is 4.24. The lowest BCUT2D eigenvalue weighted by Crippen LogP contribution is -2.35. The topological polar surface area (TPSA) is 72.0 Å². The highest BCUT2D eigenvalue weighted by Gasteiger charge is 2.27. The molecule has 1 saturated carbocycles. The first-order valence-corrected chi connectivity index (χ1v) is 8.03. The highest BCUT2D eigenvalue weighted by Crippen LogP contribution is 2.31. The van der Waals surface area contributed by atoms with Gasteiger partial charge in [0.1, 0.15) is 0 Å². The second-order valence-corrected chi connectivity index (χ2v) is 5.75. The van der Waals surface area contributed by atoms with E-state index in [1.807, 2.05) is 13.8 Å². The van der Waals surface area contributed by atoms with Gasteiger partial charge in [-0.25, -0.2) is 0 Å². The second kappa shape index (κ2) is 7.43. The maximum atomic E-state index is 5.43. The molecule has 1 aliphatic rings. The molecule has 3 unspecified atom stereocenters. The van der Waals surface area contributed by atoms with E-state index in [-0.39, 0.29) is 0 Å². The average Bonchev–Trinajstić information content (AvgIpc) is 2.44. The number of aromatic nitrogens is 3. The van der Waals surface area contributed by atoms with Gasteiger partial charge in [-0.15, -0.1) is 0 Å². The Morgan fingerprint density at radius 3 is 2.57 bits per heavy atom. The molecule has 118 valence electrons. The zero-order valence-corrected chi connectivity index (χ0v) is 13.5. The fourth-order valence-electron chi connectivity index (χ4n) is 2.80. The fourth-order valence-corrected chi connectivity index (χ4v) is 2.80. The third-order valence-electron chi connectivity index (χ3n) is 4.24. The van der Waals surface area contributed by atoms with Gasteiger partial charge in [0.05, 0.1) is 6.61 Å². The molecule has 2 rings (SSSR count). The molecule has 6 heteroatoms. The molecule has 1 fully saturated rings. The summed E-state index contributed by atoms with van der Waals surface area (Å²) in [4.78, 5) is 13.0. The number of hydrogen-bond acceptors (Lipinski definition) is 6. The van der Waals surface area contributed by atoms with Crippen LogP contribution in [0.2, 0.25) is 0 Å². The van der Waals surface area contributed by atoms with E-state index < -0.39 is 0 Å². The molecule has 2 N–H and O–H groups in total. The largest absolute Gasteiger partial charge is 0.464 e. The van der Waals surface area contributed by atoms with Gasteiger partial charge >= 0.3 is 6.01 Å². The van der Waals surface area contributed by atoms with Crippen molar-refractivity contribution >= 4 is 11.9 Å². The molecule has 0 radical (unpaired) electrons. The molecule has 0 bridgehead atoms. The van der Waals surface area contributed by atoms with Crippen LogP contribution in [0.1, 0.15) is 47.0 Å². The lowest BCUT2D eigenvalue weighted by molar-refractivity contribution is 0.252. The quantitative estimate of drug-likeness (QED) is 0.840. The summed E-state index contributed by atoms with van der Waals surface area (Å²) in [6, 6.07) is 0.794. The standard InChI is InChI=1S/C15H27N5O/c1-5-16-13-18-14(20-15(19-13)21-6-2)17-12-9-7-8-10(3)11(12)4/h10-12H,5-9H2,1-4H3,(H2,16,17,18,19,20). The zero-order chi connectivity index (χ0) is 15.2. The van der Waals surface area contributed by atoms with Crippen LogP contribution >= 0.6 is 0 Å². The van der Waals surface area contributed by atoms with Crippen molar-refractivity contribution in [3.63, 3.8) is 0 Å². The van der Waals surface area contributed by atoms with E-state index in [1.165, 1.54) is 12.8 Å². The summed E-state index contributed by atoms with van der Waals surface area (Å²) < 4.78 is 5.43. The van der Waals surface area contributed by atoms with Crippen molar-refractivity contribution in [3.8, 4) is 6.01 Å². The predicted molar refractivity (Wildman–Crippen MR) is 84.7 cm³/mol. The average molecular weight is 293 g/mol. The van der Waals surface area contributed by atoms with E-state index in [0.29, 0.717) is 36.5 Å². The van der Waals surface area contributed by atoms with Crippen LogP contribution in [0.4, 0.5) is 11.9 Å². The molecule has 21 heavy (non-hydrogen) atoms. The summed E-state index contributed by atoms with van der Waals surface area (Å²) in [5.41, 5.74) is 0. The SMILES string of the molecule is CCNc1nc(NC2CCCC(C)C2C)nc(OCC)n1. The van der Waals surface area contributed by atoms with Crippen LogP contribution in [0.15, 0.2) is 0 Å². The van der Waals surface area contributed by atoms with Crippen LogP contribution in [0.5, 0.6) is 6.01 Å². The van der Waals surface area contributed by atoms with Gasteiger partial charge in [0.15, 0.2) is 0 Å². The summed E-state index contributed by atoms with van der Waals surface area (Å²) in [7, 11) is 0. The molecular formula is C15H27N5O. The van der Waals surface area contributed by atoms with Crippen molar-refractivity contribution in [1.29, 1.82) is 0 Å². The highest BCUT2D eigenvalue weighted by molar-refractivity contribution is 5.36. The van der Waals surface area contributed by atoms with Crippen LogP contribution < -0.4 is 15.4 Å². The van der Waals surface area contributed by atoms with Crippen LogP contribution in [0.3, 0.4) is 0 Å². The normalized spacial score (nSPS) is 25.4. The van der Waals surface area contributed by atoms with Gasteiger partial charge in [-0.3, -0.25) is 0 Å². The van der Waals surface area contributed by atoms with Gasteiger partial charge in [-0.05, 0) is 32.1 Å². The molecule has 6 nitrogen and oxygen atoms in total. The number of hydrogen-bond donors (Lipinski definition) is 2. The maximum absolute atomic E-state index is 5.43. The summed E-state index contributed by atoms with van der Waals surface area (Å²) in [6.45, 7) is 9.88. The number of anilines is 2. The van der Waals surface area contributed by atoms with Crippen molar-refractivity contribution in [2.24, 2.45) is 11.8 Å². The molecule has 0 spiro atoms. The lowest BCUT2D eigenvalue weighted by atomic mass is 9.78. The monoisotopic (exact) mass is 293 g/mol. The first-order chi connectivity index (χ1) is 10.1. The minimum absolute atomic E-state index is 0.377. The number of nitrogens with one attached hydrogen (secondary N) is 2. The highest BCUT2D eigenvalue weighted by atomic mass is 16.5. The van der Waals surface area contributed by atoms with Gasteiger partial charge < -0.3 is 15.4 Å². The lowest BCUT2D eigenvalue weighted by Gasteiger charge is -2.34. The van der Waals surface area contributed by atoms with Crippen molar-refractivity contribution in [1.82, 2.24) is 15.0 Å². The van der Waals surface area contributed by atoms with Crippen molar-refractivity contribution < 1.29 is 4.74 Å². The van der Waals surface area contributed by atoms with Crippen molar-refractivity contribution in [2.45, 2.75) is 53.0 Å². The summed E-state index contributed by atoms with van der Waals surface area (Å²) in [5, 5.41) is 6.60. The molecule has 3 atom stereocenters. The Kier molecular flexibility index (Phi) is 5.59. The predicted octanol–water partition coefficient (Wildman–Crippen LogP) is 2.94. The van der Waals surface area contributed by atoms with Crippen LogP contribution in [0, 0.1) is 11.8 Å². The second-order valence-electron chi connectivity index (χ2n) is 5.75. The number of rotatable bonds is 6. The van der Waals surface area contributed by atoms with Gasteiger partial charge in [0, 0.05) is 12.6 Å². The Balaban J connectivity index is 2.13. The van der Waals surface area contributed by atoms with E-state index >= 15 is 0 Å². The van der Waals surface area contributed by atoms with Gasteiger partial charge in [0.2, 0.25) is 11.9 Å². The third kappa shape index (κ3) is 4.19. The van der Waals surface area contributed by atoms with Gasteiger partial charge in [-0.1, -0.05) is 26.7 Å². The number of ether oxygens (including phenoxy) is 1. The van der Waals surface area contributed by atoms with Crippen LogP contribution in [-0.2, 0) is 0 Å². The maximum Gasteiger partial charge on any atom is 0.323 e. The molecule has 1 aromatic heterocycles. The molecular weight excluding hydrogens is 266 g/mol. The van der Waals surface area contributed by atoms with Gasteiger partial charge in [0.25, 0.3) is 0 Å². The van der Waals surface area contributed by atoms with E-state index in [4.69, 9.17) is 4.74 Å². The minimum atomic E-state index is 0.377. The molecule has 1 aliphatic carbocycles. The molecule has 1 aromatic rings. The Hall–Kier alpha value is -1.59. The van der Waals surface area contributed by atoms with Crippen molar-refractivity contribution in [3.05, 3.63) is 0 Å². The molecule has 0 amide bonds. The Bertz CT molecular complexity index is 429. The summed E-state index contributed by atoms with van der Waals surface area (Å²) in [6.07, 6.45) is 3.73. The Labute approximate surface area is 127 Å². The Morgan fingerprint density at radius 1 is 1.10 bits per heavy atom. The summed E-state index contributed by atoms with van der Waals surface area (Å²) in [5.74, 6) is 2.52. The van der Waals surface area contributed by atoms with Crippen LogP contribution in [0.25, 0.3) is 0 Å². The smallest absolute Gasteiger partial charge is 0.323 e. The minimum Gasteiger partial charge on any atom is -0.464 e. The van der Waals surface area contributed by atoms with E-state index in [0.717, 1.165) is 18.9 Å².